The summed E-state index contributed by atoms with van der Waals surface area (Å²) in [5.74, 6) is 1.48. The molecule has 148 valence electrons. The van der Waals surface area contributed by atoms with Gasteiger partial charge in [-0.15, -0.1) is 0 Å². The first kappa shape index (κ1) is 18.5. The fraction of sp³-hybridized carbons (Fsp3) is 0.450. The van der Waals surface area contributed by atoms with Crippen LogP contribution in [0.3, 0.4) is 0 Å². The molecule has 28 heavy (non-hydrogen) atoms. The molecule has 2 aliphatic heterocycles. The van der Waals surface area contributed by atoms with E-state index in [4.69, 9.17) is 0 Å². The summed E-state index contributed by atoms with van der Waals surface area (Å²) in [6.45, 7) is 4.96. The molecule has 1 aromatic heterocycles. The predicted molar refractivity (Wildman–Crippen MR) is 111 cm³/mol. The van der Waals surface area contributed by atoms with Crippen LogP contribution < -0.4 is 20.9 Å². The Morgan fingerprint density at radius 1 is 1.18 bits per heavy atom. The highest BCUT2D eigenvalue weighted by atomic mass is 16.2. The summed E-state index contributed by atoms with van der Waals surface area (Å²) in [6, 6.07) is 9.93. The van der Waals surface area contributed by atoms with E-state index in [0.717, 1.165) is 37.6 Å². The van der Waals surface area contributed by atoms with Crippen LogP contribution in [0.15, 0.2) is 36.5 Å². The van der Waals surface area contributed by atoms with E-state index in [1.165, 1.54) is 25.1 Å². The monoisotopic (exact) mass is 381 g/mol. The summed E-state index contributed by atoms with van der Waals surface area (Å²) in [5.41, 5.74) is 2.09. The molecule has 2 amide bonds. The van der Waals surface area contributed by atoms with Crippen molar-refractivity contribution in [2.24, 2.45) is 0 Å². The molecule has 2 aliphatic rings. The van der Waals surface area contributed by atoms with Crippen LogP contribution in [0.1, 0.15) is 18.4 Å². The Kier molecular flexibility index (Phi) is 5.57. The second kappa shape index (κ2) is 8.43. The Labute approximate surface area is 165 Å². The highest BCUT2D eigenvalue weighted by Crippen LogP contribution is 2.19. The van der Waals surface area contributed by atoms with Crippen molar-refractivity contribution in [3.05, 3.63) is 42.1 Å². The average Bonchev–Trinajstić information content (AvgIpc) is 3.14. The zero-order valence-electron chi connectivity index (χ0n) is 16.2. The molecule has 3 heterocycles. The number of carbonyl (C=O) groups excluding carboxylic acids is 1. The van der Waals surface area contributed by atoms with E-state index < -0.39 is 0 Å². The van der Waals surface area contributed by atoms with Gasteiger partial charge in [0.1, 0.15) is 5.82 Å². The van der Waals surface area contributed by atoms with E-state index in [9.17, 15) is 4.79 Å². The van der Waals surface area contributed by atoms with Gasteiger partial charge in [0.2, 0.25) is 5.95 Å². The lowest BCUT2D eigenvalue weighted by molar-refractivity contribution is 0.172. The number of urea groups is 1. The van der Waals surface area contributed by atoms with E-state index in [-0.39, 0.29) is 12.1 Å². The lowest BCUT2D eigenvalue weighted by atomic mass is 10.1. The Morgan fingerprint density at radius 2 is 2.00 bits per heavy atom. The van der Waals surface area contributed by atoms with Crippen molar-refractivity contribution in [1.29, 1.82) is 0 Å². The Hall–Kier alpha value is -2.87. The third kappa shape index (κ3) is 4.51. The summed E-state index contributed by atoms with van der Waals surface area (Å²) < 4.78 is 0. The van der Waals surface area contributed by atoms with Crippen molar-refractivity contribution in [2.75, 3.05) is 48.8 Å². The standard InChI is InChI=1S/C20H27N7O/c1-21-19-22-9-7-18(25-19)27-12-8-17(14-27)24-20(28)23-16-5-3-15(4-6-16)13-26-10-2-11-26/h3-7,9,17H,2,8,10-14H2,1H3,(H,21,22,25)(H2,23,24,28)/t17-/m0/s1. The molecule has 0 radical (unpaired) electrons. The average molecular weight is 381 g/mol. The van der Waals surface area contributed by atoms with Gasteiger partial charge < -0.3 is 20.9 Å². The third-order valence-electron chi connectivity index (χ3n) is 5.28. The fourth-order valence-electron chi connectivity index (χ4n) is 3.58. The Morgan fingerprint density at radius 3 is 2.71 bits per heavy atom. The van der Waals surface area contributed by atoms with Gasteiger partial charge in [0.05, 0.1) is 0 Å². The van der Waals surface area contributed by atoms with Gasteiger partial charge in [-0.05, 0) is 49.7 Å². The highest BCUT2D eigenvalue weighted by molar-refractivity contribution is 5.89. The van der Waals surface area contributed by atoms with Crippen LogP contribution >= 0.6 is 0 Å². The van der Waals surface area contributed by atoms with Crippen LogP contribution in [0, 0.1) is 0 Å². The number of benzene rings is 1. The lowest BCUT2D eigenvalue weighted by Crippen LogP contribution is -2.39. The molecule has 2 saturated heterocycles. The van der Waals surface area contributed by atoms with Gasteiger partial charge in [-0.2, -0.15) is 4.98 Å². The minimum absolute atomic E-state index is 0.0960. The van der Waals surface area contributed by atoms with Gasteiger partial charge in [-0.1, -0.05) is 12.1 Å². The molecule has 2 aromatic rings. The summed E-state index contributed by atoms with van der Waals surface area (Å²) in [5, 5.41) is 8.95. The van der Waals surface area contributed by atoms with Crippen molar-refractivity contribution in [3.8, 4) is 0 Å². The molecular formula is C20H27N7O. The van der Waals surface area contributed by atoms with Gasteiger partial charge in [-0.3, -0.25) is 4.90 Å². The molecule has 4 rings (SSSR count). The first-order chi connectivity index (χ1) is 13.7. The zero-order valence-corrected chi connectivity index (χ0v) is 16.2. The van der Waals surface area contributed by atoms with Crippen molar-refractivity contribution < 1.29 is 4.79 Å². The minimum atomic E-state index is -0.166. The molecule has 0 saturated carbocycles. The largest absolute Gasteiger partial charge is 0.357 e. The number of nitrogens with one attached hydrogen (secondary N) is 3. The number of carbonyl (C=O) groups is 1. The first-order valence-electron chi connectivity index (χ1n) is 9.84. The second-order valence-corrected chi connectivity index (χ2v) is 7.35. The van der Waals surface area contributed by atoms with Crippen molar-refractivity contribution in [2.45, 2.75) is 25.4 Å². The van der Waals surface area contributed by atoms with E-state index in [2.05, 4.69) is 47.9 Å². The third-order valence-corrected chi connectivity index (χ3v) is 5.28. The lowest BCUT2D eigenvalue weighted by Gasteiger charge is -2.30. The van der Waals surface area contributed by atoms with E-state index >= 15 is 0 Å². The Bertz CT molecular complexity index is 806. The van der Waals surface area contributed by atoms with Crippen molar-refractivity contribution >= 4 is 23.5 Å². The predicted octanol–water partition coefficient (Wildman–Crippen LogP) is 2.12. The van der Waals surface area contributed by atoms with Crippen LogP contribution in [0.4, 0.5) is 22.2 Å². The number of hydrogen-bond acceptors (Lipinski definition) is 6. The minimum Gasteiger partial charge on any atom is -0.357 e. The molecule has 0 spiro atoms. The topological polar surface area (TPSA) is 85.4 Å². The SMILES string of the molecule is CNc1nccc(N2CC[C@H](NC(=O)Nc3ccc(CN4CCC4)cc3)C2)n1. The van der Waals surface area contributed by atoms with Crippen LogP contribution in [0.2, 0.25) is 0 Å². The van der Waals surface area contributed by atoms with E-state index in [1.807, 2.05) is 18.2 Å². The first-order valence-corrected chi connectivity index (χ1v) is 9.84. The second-order valence-electron chi connectivity index (χ2n) is 7.35. The van der Waals surface area contributed by atoms with Crippen LogP contribution in [-0.4, -0.2) is 60.2 Å². The normalized spacial score (nSPS) is 19.2. The van der Waals surface area contributed by atoms with Gasteiger partial charge in [0, 0.05) is 44.6 Å². The maximum Gasteiger partial charge on any atom is 0.319 e. The van der Waals surface area contributed by atoms with Crippen LogP contribution in [0.25, 0.3) is 0 Å². The van der Waals surface area contributed by atoms with E-state index in [0.29, 0.717) is 5.95 Å². The maximum atomic E-state index is 12.3. The summed E-state index contributed by atoms with van der Waals surface area (Å²) in [7, 11) is 1.80. The van der Waals surface area contributed by atoms with Crippen molar-refractivity contribution in [3.63, 3.8) is 0 Å². The molecule has 8 nitrogen and oxygen atoms in total. The number of hydrogen-bond donors (Lipinski definition) is 3. The number of amides is 2. The number of aromatic nitrogens is 2. The molecule has 3 N–H and O–H groups in total. The maximum absolute atomic E-state index is 12.3. The highest BCUT2D eigenvalue weighted by Gasteiger charge is 2.25. The number of rotatable bonds is 6. The summed E-state index contributed by atoms with van der Waals surface area (Å²) in [6.07, 6.45) is 3.93. The van der Waals surface area contributed by atoms with Gasteiger partial charge in [-0.25, -0.2) is 9.78 Å². The number of nitrogens with zero attached hydrogens (tertiary/aromatic N) is 4. The zero-order chi connectivity index (χ0) is 19.3. The molecule has 2 fully saturated rings. The van der Waals surface area contributed by atoms with Gasteiger partial charge in [0.15, 0.2) is 0 Å². The molecule has 0 unspecified atom stereocenters. The quantitative estimate of drug-likeness (QED) is 0.711. The molecule has 8 heteroatoms. The molecule has 1 aromatic carbocycles. The van der Waals surface area contributed by atoms with Crippen LogP contribution in [-0.2, 0) is 6.54 Å². The fourth-order valence-corrected chi connectivity index (χ4v) is 3.58. The number of anilines is 3. The Balaban J connectivity index is 1.26. The van der Waals surface area contributed by atoms with Gasteiger partial charge >= 0.3 is 6.03 Å². The van der Waals surface area contributed by atoms with Crippen LogP contribution in [0.5, 0.6) is 0 Å². The molecule has 0 aliphatic carbocycles. The van der Waals surface area contributed by atoms with Gasteiger partial charge in [0.25, 0.3) is 0 Å². The van der Waals surface area contributed by atoms with E-state index in [1.54, 1.807) is 13.2 Å². The molecule has 0 bridgehead atoms. The summed E-state index contributed by atoms with van der Waals surface area (Å²) >= 11 is 0. The molecular weight excluding hydrogens is 354 g/mol. The van der Waals surface area contributed by atoms with Crippen molar-refractivity contribution in [1.82, 2.24) is 20.2 Å². The summed E-state index contributed by atoms with van der Waals surface area (Å²) in [4.78, 5) is 25.5. The smallest absolute Gasteiger partial charge is 0.319 e. The number of likely N-dealkylation sites (tertiary alicyclic amines) is 1. The molecule has 1 atom stereocenters.